The van der Waals surface area contributed by atoms with E-state index in [1.807, 2.05) is 4.90 Å². The molecule has 2 aliphatic rings. The van der Waals surface area contributed by atoms with Crippen LogP contribution in [0.3, 0.4) is 0 Å². The standard InChI is InChI=1S/C19H29N3O2/c1-24-19(23)22-9-7-18(8-10-22)16-21-13-11-20(12-14-21)15-17-5-3-2-4-6-17/h2-6,18H,7-16H2,1H3. The lowest BCUT2D eigenvalue weighted by atomic mass is 9.96. The molecule has 5 heteroatoms. The molecular weight excluding hydrogens is 302 g/mol. The summed E-state index contributed by atoms with van der Waals surface area (Å²) in [6.45, 7) is 8.52. The van der Waals surface area contributed by atoms with Crippen LogP contribution < -0.4 is 0 Å². The van der Waals surface area contributed by atoms with Gasteiger partial charge >= 0.3 is 6.09 Å². The average Bonchev–Trinajstić information content (AvgIpc) is 2.64. The molecule has 5 nitrogen and oxygen atoms in total. The maximum atomic E-state index is 11.5. The van der Waals surface area contributed by atoms with Crippen LogP contribution in [-0.4, -0.2) is 73.7 Å². The van der Waals surface area contributed by atoms with Crippen molar-refractivity contribution >= 4 is 6.09 Å². The van der Waals surface area contributed by atoms with Crippen LogP contribution in [0.1, 0.15) is 18.4 Å². The summed E-state index contributed by atoms with van der Waals surface area (Å²) in [6, 6.07) is 10.7. The Morgan fingerprint density at radius 1 is 1.00 bits per heavy atom. The molecule has 0 spiro atoms. The monoisotopic (exact) mass is 331 g/mol. The summed E-state index contributed by atoms with van der Waals surface area (Å²) in [5, 5.41) is 0. The molecular formula is C19H29N3O2. The quantitative estimate of drug-likeness (QED) is 0.848. The molecule has 0 N–H and O–H groups in total. The first-order valence-electron chi connectivity index (χ1n) is 9.06. The lowest BCUT2D eigenvalue weighted by Crippen LogP contribution is -2.48. The number of methoxy groups -OCH3 is 1. The van der Waals surface area contributed by atoms with Crippen molar-refractivity contribution in [1.82, 2.24) is 14.7 Å². The minimum absolute atomic E-state index is 0.178. The fourth-order valence-corrected chi connectivity index (χ4v) is 3.76. The number of piperidine rings is 1. The van der Waals surface area contributed by atoms with Crippen molar-refractivity contribution in [2.24, 2.45) is 5.92 Å². The Labute approximate surface area is 145 Å². The molecule has 0 aromatic heterocycles. The fraction of sp³-hybridized carbons (Fsp3) is 0.632. The number of piperazine rings is 1. The zero-order valence-corrected chi connectivity index (χ0v) is 14.7. The van der Waals surface area contributed by atoms with Gasteiger partial charge in [0.25, 0.3) is 0 Å². The number of nitrogens with zero attached hydrogens (tertiary/aromatic N) is 3. The van der Waals surface area contributed by atoms with Gasteiger partial charge in [-0.1, -0.05) is 30.3 Å². The molecule has 2 aliphatic heterocycles. The average molecular weight is 331 g/mol. The molecule has 2 saturated heterocycles. The third-order valence-electron chi connectivity index (χ3n) is 5.28. The minimum atomic E-state index is -0.178. The van der Waals surface area contributed by atoms with Crippen molar-refractivity contribution in [2.45, 2.75) is 19.4 Å². The van der Waals surface area contributed by atoms with Gasteiger partial charge in [0, 0.05) is 52.4 Å². The molecule has 0 radical (unpaired) electrons. The van der Waals surface area contributed by atoms with Gasteiger partial charge in [0.1, 0.15) is 0 Å². The smallest absolute Gasteiger partial charge is 0.409 e. The van der Waals surface area contributed by atoms with Crippen LogP contribution in [0, 0.1) is 5.92 Å². The number of amides is 1. The van der Waals surface area contributed by atoms with Crippen LogP contribution in [0.2, 0.25) is 0 Å². The second kappa shape index (κ2) is 8.49. The third-order valence-corrected chi connectivity index (χ3v) is 5.28. The molecule has 1 aromatic carbocycles. The Kier molecular flexibility index (Phi) is 6.10. The summed E-state index contributed by atoms with van der Waals surface area (Å²) < 4.78 is 4.81. The number of hydrogen-bond acceptors (Lipinski definition) is 4. The van der Waals surface area contributed by atoms with Crippen LogP contribution in [0.15, 0.2) is 30.3 Å². The topological polar surface area (TPSA) is 36.0 Å². The van der Waals surface area contributed by atoms with E-state index in [0.29, 0.717) is 5.92 Å². The largest absolute Gasteiger partial charge is 0.453 e. The van der Waals surface area contributed by atoms with E-state index in [4.69, 9.17) is 4.74 Å². The molecule has 2 heterocycles. The van der Waals surface area contributed by atoms with Crippen LogP contribution >= 0.6 is 0 Å². The number of hydrogen-bond donors (Lipinski definition) is 0. The summed E-state index contributed by atoms with van der Waals surface area (Å²) in [5.41, 5.74) is 1.40. The number of benzene rings is 1. The second-order valence-electron chi connectivity index (χ2n) is 6.96. The summed E-state index contributed by atoms with van der Waals surface area (Å²) in [4.78, 5) is 18.5. The molecule has 0 unspecified atom stereocenters. The number of carbonyl (C=O) groups is 1. The molecule has 2 fully saturated rings. The first kappa shape index (κ1) is 17.2. The summed E-state index contributed by atoms with van der Waals surface area (Å²) >= 11 is 0. The van der Waals surface area contributed by atoms with Gasteiger partial charge in [-0.3, -0.25) is 4.90 Å². The number of likely N-dealkylation sites (tertiary alicyclic amines) is 1. The Morgan fingerprint density at radius 2 is 1.62 bits per heavy atom. The van der Waals surface area contributed by atoms with Gasteiger partial charge in [0.15, 0.2) is 0 Å². The SMILES string of the molecule is COC(=O)N1CCC(CN2CCN(Cc3ccccc3)CC2)CC1. The van der Waals surface area contributed by atoms with E-state index in [1.54, 1.807) is 0 Å². The van der Waals surface area contributed by atoms with Crippen LogP contribution in [0.5, 0.6) is 0 Å². The molecule has 0 aliphatic carbocycles. The molecule has 1 amide bonds. The van der Waals surface area contributed by atoms with E-state index in [1.165, 1.54) is 19.2 Å². The van der Waals surface area contributed by atoms with Crippen molar-refractivity contribution in [3.63, 3.8) is 0 Å². The van der Waals surface area contributed by atoms with Gasteiger partial charge in [0.05, 0.1) is 7.11 Å². The van der Waals surface area contributed by atoms with E-state index >= 15 is 0 Å². The minimum Gasteiger partial charge on any atom is -0.453 e. The predicted molar refractivity (Wildman–Crippen MR) is 94.9 cm³/mol. The highest BCUT2D eigenvalue weighted by atomic mass is 16.5. The maximum Gasteiger partial charge on any atom is 0.409 e. The van der Waals surface area contributed by atoms with E-state index in [-0.39, 0.29) is 6.09 Å². The molecule has 0 saturated carbocycles. The van der Waals surface area contributed by atoms with Crippen LogP contribution in [0.25, 0.3) is 0 Å². The third kappa shape index (κ3) is 4.71. The van der Waals surface area contributed by atoms with Crippen molar-refractivity contribution in [3.05, 3.63) is 35.9 Å². The lowest BCUT2D eigenvalue weighted by molar-refractivity contribution is 0.0812. The van der Waals surface area contributed by atoms with E-state index in [2.05, 4.69) is 40.1 Å². The normalized spacial score (nSPS) is 21.0. The first-order chi connectivity index (χ1) is 11.7. The summed E-state index contributed by atoms with van der Waals surface area (Å²) in [6.07, 6.45) is 2.02. The van der Waals surface area contributed by atoms with Gasteiger partial charge < -0.3 is 14.5 Å². The Bertz CT molecular complexity index is 507. The highest BCUT2D eigenvalue weighted by Crippen LogP contribution is 2.20. The molecule has 0 atom stereocenters. The van der Waals surface area contributed by atoms with E-state index in [9.17, 15) is 4.79 Å². The molecule has 0 bridgehead atoms. The molecule has 24 heavy (non-hydrogen) atoms. The first-order valence-corrected chi connectivity index (χ1v) is 9.06. The number of rotatable bonds is 4. The van der Waals surface area contributed by atoms with Crippen molar-refractivity contribution < 1.29 is 9.53 Å². The fourth-order valence-electron chi connectivity index (χ4n) is 3.76. The molecule has 3 rings (SSSR count). The van der Waals surface area contributed by atoms with Crippen LogP contribution in [0.4, 0.5) is 4.79 Å². The van der Waals surface area contributed by atoms with Crippen LogP contribution in [-0.2, 0) is 11.3 Å². The van der Waals surface area contributed by atoms with Crippen molar-refractivity contribution in [3.8, 4) is 0 Å². The van der Waals surface area contributed by atoms with Gasteiger partial charge in [-0.05, 0) is 24.3 Å². The van der Waals surface area contributed by atoms with E-state index < -0.39 is 0 Å². The summed E-state index contributed by atoms with van der Waals surface area (Å²) in [5.74, 6) is 0.714. The zero-order valence-electron chi connectivity index (χ0n) is 14.7. The zero-order chi connectivity index (χ0) is 16.8. The highest BCUT2D eigenvalue weighted by Gasteiger charge is 2.26. The Balaban J connectivity index is 1.36. The highest BCUT2D eigenvalue weighted by molar-refractivity contribution is 5.67. The van der Waals surface area contributed by atoms with Gasteiger partial charge in [0.2, 0.25) is 0 Å². The summed E-state index contributed by atoms with van der Waals surface area (Å²) in [7, 11) is 1.46. The number of carbonyl (C=O) groups excluding carboxylic acids is 1. The number of ether oxygens (including phenoxy) is 1. The Hall–Kier alpha value is -1.59. The Morgan fingerprint density at radius 3 is 2.25 bits per heavy atom. The maximum absolute atomic E-state index is 11.5. The molecule has 1 aromatic rings. The van der Waals surface area contributed by atoms with E-state index in [0.717, 1.165) is 58.7 Å². The van der Waals surface area contributed by atoms with Gasteiger partial charge in [-0.2, -0.15) is 0 Å². The lowest BCUT2D eigenvalue weighted by Gasteiger charge is -2.38. The second-order valence-corrected chi connectivity index (χ2v) is 6.96. The molecule has 132 valence electrons. The van der Waals surface area contributed by atoms with Crippen molar-refractivity contribution in [1.29, 1.82) is 0 Å². The predicted octanol–water partition coefficient (Wildman–Crippen LogP) is 2.28. The van der Waals surface area contributed by atoms with Crippen molar-refractivity contribution in [2.75, 3.05) is 52.9 Å². The van der Waals surface area contributed by atoms with Gasteiger partial charge in [-0.15, -0.1) is 0 Å². The van der Waals surface area contributed by atoms with Gasteiger partial charge in [-0.25, -0.2) is 4.79 Å².